The van der Waals surface area contributed by atoms with E-state index in [1.54, 1.807) is 0 Å². The molecule has 2 aromatic rings. The quantitative estimate of drug-likeness (QED) is 0.684. The molecule has 1 aliphatic carbocycles. The summed E-state index contributed by atoms with van der Waals surface area (Å²) in [5, 5.41) is 3.86. The van der Waals surface area contributed by atoms with E-state index in [4.69, 9.17) is 3.07 Å². The van der Waals surface area contributed by atoms with Crippen LogP contribution >= 0.6 is 0 Å². The van der Waals surface area contributed by atoms with Crippen LogP contribution in [0.3, 0.4) is 0 Å². The average Bonchev–Trinajstić information content (AvgIpc) is 3.20. The number of carbonyl (C=O) groups is 2. The predicted octanol–water partition coefficient (Wildman–Crippen LogP) is 3.44. The molecule has 0 saturated heterocycles. The van der Waals surface area contributed by atoms with Crippen molar-refractivity contribution in [3.8, 4) is 0 Å². The molecule has 1 saturated carbocycles. The van der Waals surface area contributed by atoms with Crippen LogP contribution < -0.4 is 5.32 Å². The summed E-state index contributed by atoms with van der Waals surface area (Å²) >= 11 is -2.70. The molecule has 1 atom stereocenters. The molecule has 0 radical (unpaired) electrons. The molecule has 1 aromatic heterocycles. The van der Waals surface area contributed by atoms with Crippen molar-refractivity contribution in [3.05, 3.63) is 36.0 Å². The Bertz CT molecular complexity index is 726. The minimum atomic E-state index is -2.70. The molecule has 3 rings (SSSR count). The molecule has 5 nitrogen and oxygen atoms in total. The second-order valence-electron chi connectivity index (χ2n) is 7.51. The number of rotatable bonds is 6. The summed E-state index contributed by atoms with van der Waals surface area (Å²) in [7, 11) is 0. The Morgan fingerprint density at radius 1 is 1.29 bits per heavy atom. The van der Waals surface area contributed by atoms with Crippen LogP contribution in [0.4, 0.5) is 0 Å². The molecule has 1 amide bonds. The van der Waals surface area contributed by atoms with Gasteiger partial charge < -0.3 is 0 Å². The number of aromatic amines is 1. The van der Waals surface area contributed by atoms with Gasteiger partial charge in [0.2, 0.25) is 0 Å². The summed E-state index contributed by atoms with van der Waals surface area (Å²) in [6, 6.07) is 8.99. The Kier molecular flexibility index (Phi) is 4.90. The van der Waals surface area contributed by atoms with E-state index in [-0.39, 0.29) is 11.9 Å². The van der Waals surface area contributed by atoms with E-state index in [2.05, 4.69) is 10.3 Å². The van der Waals surface area contributed by atoms with Crippen molar-refractivity contribution < 1.29 is 12.7 Å². The van der Waals surface area contributed by atoms with Gasteiger partial charge in [0, 0.05) is 0 Å². The van der Waals surface area contributed by atoms with Gasteiger partial charge in [0.1, 0.15) is 0 Å². The number of para-hydroxylation sites is 1. The molecule has 1 heterocycles. The molecule has 0 unspecified atom stereocenters. The van der Waals surface area contributed by atoms with Crippen LogP contribution in [0.1, 0.15) is 29.8 Å². The zero-order valence-electron chi connectivity index (χ0n) is 14.4. The number of hydrogen-bond acceptors (Lipinski definition) is 3. The van der Waals surface area contributed by atoms with Crippen LogP contribution in [-0.2, 0) is 7.87 Å². The van der Waals surface area contributed by atoms with Crippen molar-refractivity contribution in [2.75, 3.05) is 0 Å². The van der Waals surface area contributed by atoms with E-state index in [1.807, 2.05) is 45.2 Å². The van der Waals surface area contributed by atoms with Crippen LogP contribution in [0, 0.1) is 5.92 Å². The number of carbonyl (C=O) groups excluding carboxylic acids is 2. The van der Waals surface area contributed by atoms with Crippen LogP contribution in [0.25, 0.3) is 10.9 Å². The van der Waals surface area contributed by atoms with Crippen LogP contribution in [-0.4, -0.2) is 41.7 Å². The van der Waals surface area contributed by atoms with Crippen molar-refractivity contribution in [1.82, 2.24) is 10.3 Å². The molecule has 24 heavy (non-hydrogen) atoms. The number of aromatic nitrogens is 1. The third kappa shape index (κ3) is 4.53. The van der Waals surface area contributed by atoms with E-state index in [0.29, 0.717) is 18.0 Å². The van der Waals surface area contributed by atoms with Gasteiger partial charge in [-0.25, -0.2) is 0 Å². The van der Waals surface area contributed by atoms with Crippen molar-refractivity contribution in [1.29, 1.82) is 0 Å². The topological polar surface area (TPSA) is 71.2 Å². The first-order valence-corrected chi connectivity index (χ1v) is 18.2. The zero-order chi connectivity index (χ0) is 17.3. The second-order valence-corrected chi connectivity index (χ2v) is 20.1. The SMILES string of the molecule is [CH3][Sn]([CH3])([CH3])[O]C(=O)[C@H](CC1CC1)NC(=O)c1cc2ccccc2[nH]1. The molecule has 128 valence electrons. The average molecular weight is 435 g/mol. The molecule has 6 heteroatoms. The normalized spacial score (nSPS) is 16.0. The summed E-state index contributed by atoms with van der Waals surface area (Å²) < 4.78 is 5.67. The van der Waals surface area contributed by atoms with E-state index >= 15 is 0 Å². The molecule has 1 fully saturated rings. The van der Waals surface area contributed by atoms with E-state index in [1.165, 1.54) is 0 Å². The summed E-state index contributed by atoms with van der Waals surface area (Å²) in [5.41, 5.74) is 1.39. The van der Waals surface area contributed by atoms with Gasteiger partial charge in [-0.15, -0.1) is 0 Å². The third-order valence-electron chi connectivity index (χ3n) is 4.04. The van der Waals surface area contributed by atoms with E-state index in [9.17, 15) is 9.59 Å². The van der Waals surface area contributed by atoms with Crippen LogP contribution in [0.15, 0.2) is 30.3 Å². The van der Waals surface area contributed by atoms with E-state index in [0.717, 1.165) is 23.7 Å². The monoisotopic (exact) mass is 436 g/mol. The van der Waals surface area contributed by atoms with Gasteiger partial charge in [-0.3, -0.25) is 0 Å². The minimum absolute atomic E-state index is 0.252. The predicted molar refractivity (Wildman–Crippen MR) is 96.3 cm³/mol. The third-order valence-corrected chi connectivity index (χ3v) is 6.36. The van der Waals surface area contributed by atoms with Gasteiger partial charge >= 0.3 is 147 Å². The van der Waals surface area contributed by atoms with Gasteiger partial charge in [-0.2, -0.15) is 0 Å². The number of benzene rings is 1. The standard InChI is InChI=1S/C15H16N2O3.3CH3.Sn/c18-14(17-13(15(19)20)7-9-5-6-9)12-8-10-3-1-2-4-11(10)16-12;;;;/h1-4,8-9,13,16H,5-7H2,(H,17,18)(H,19,20);3*1H3;/q;;;;+1/p-1/t13-;;;;/m0..../s1. The fourth-order valence-corrected chi connectivity index (χ4v) is 4.83. The number of hydrogen-bond donors (Lipinski definition) is 2. The first-order valence-electron chi connectivity index (χ1n) is 8.43. The second kappa shape index (κ2) is 6.78. The first kappa shape index (κ1) is 17.3. The molecule has 0 spiro atoms. The molecule has 0 aliphatic heterocycles. The van der Waals surface area contributed by atoms with Crippen molar-refractivity contribution in [2.45, 2.75) is 40.1 Å². The van der Waals surface area contributed by atoms with Crippen LogP contribution in [0.2, 0.25) is 14.8 Å². The van der Waals surface area contributed by atoms with Gasteiger partial charge in [0.25, 0.3) is 0 Å². The Labute approximate surface area is 146 Å². The van der Waals surface area contributed by atoms with E-state index < -0.39 is 24.8 Å². The number of nitrogens with one attached hydrogen (secondary N) is 2. The fraction of sp³-hybridized carbons (Fsp3) is 0.444. The van der Waals surface area contributed by atoms with Crippen molar-refractivity contribution in [2.24, 2.45) is 5.92 Å². The first-order chi connectivity index (χ1) is 11.3. The summed E-state index contributed by atoms with van der Waals surface area (Å²) in [6.07, 6.45) is 2.93. The summed E-state index contributed by atoms with van der Waals surface area (Å²) in [5.74, 6) is 0.00769. The van der Waals surface area contributed by atoms with Crippen molar-refractivity contribution >= 4 is 41.6 Å². The van der Waals surface area contributed by atoms with Crippen LogP contribution in [0.5, 0.6) is 0 Å². The number of amides is 1. The molecular formula is C18H24N2O3Sn. The van der Waals surface area contributed by atoms with Crippen molar-refractivity contribution in [3.63, 3.8) is 0 Å². The zero-order valence-corrected chi connectivity index (χ0v) is 17.2. The van der Waals surface area contributed by atoms with Gasteiger partial charge in [-0.1, -0.05) is 0 Å². The molecule has 1 aliphatic rings. The van der Waals surface area contributed by atoms with Gasteiger partial charge in [-0.05, 0) is 0 Å². The maximum absolute atomic E-state index is 12.6. The summed E-state index contributed by atoms with van der Waals surface area (Å²) in [6.45, 7) is 0. The Balaban J connectivity index is 1.73. The number of H-pyrrole nitrogens is 1. The Morgan fingerprint density at radius 3 is 2.62 bits per heavy atom. The molecule has 1 aromatic carbocycles. The maximum atomic E-state index is 12.6. The summed E-state index contributed by atoms with van der Waals surface area (Å²) in [4.78, 5) is 34.3. The molecular weight excluding hydrogens is 411 g/mol. The fourth-order valence-electron chi connectivity index (χ4n) is 2.71. The van der Waals surface area contributed by atoms with Gasteiger partial charge in [0.15, 0.2) is 0 Å². The van der Waals surface area contributed by atoms with Gasteiger partial charge in [0.05, 0.1) is 0 Å². The molecule has 2 N–H and O–H groups in total. The number of fused-ring (bicyclic) bond motifs is 1. The Morgan fingerprint density at radius 2 is 2.00 bits per heavy atom. The Hall–Kier alpha value is -1.50. The molecule has 0 bridgehead atoms.